The third kappa shape index (κ3) is 4.66. The number of ether oxygens (including phenoxy) is 2. The molecule has 1 amide bonds. The Morgan fingerprint density at radius 2 is 1.81 bits per heavy atom. The SMILES string of the molecule is COc1ccc(C(=O)[C@H]2CCCN(C(=O)c3cnn(Cc4ccccc4)c3)C2)cc1OC. The van der Waals surface area contributed by atoms with Crippen LogP contribution in [-0.2, 0) is 6.54 Å². The lowest BCUT2D eigenvalue weighted by molar-refractivity contribution is 0.0636. The summed E-state index contributed by atoms with van der Waals surface area (Å²) >= 11 is 0. The molecule has 1 aromatic heterocycles. The molecule has 32 heavy (non-hydrogen) atoms. The molecule has 1 atom stereocenters. The molecule has 2 heterocycles. The van der Waals surface area contributed by atoms with Gasteiger partial charge in [0.25, 0.3) is 5.91 Å². The van der Waals surface area contributed by atoms with E-state index < -0.39 is 0 Å². The highest BCUT2D eigenvalue weighted by Gasteiger charge is 2.30. The van der Waals surface area contributed by atoms with Crippen molar-refractivity contribution in [2.75, 3.05) is 27.3 Å². The number of benzene rings is 2. The summed E-state index contributed by atoms with van der Waals surface area (Å²) in [6.45, 7) is 1.64. The number of hydrogen-bond acceptors (Lipinski definition) is 5. The number of ketones is 1. The van der Waals surface area contributed by atoms with E-state index >= 15 is 0 Å². The van der Waals surface area contributed by atoms with Crippen molar-refractivity contribution < 1.29 is 19.1 Å². The minimum Gasteiger partial charge on any atom is -0.493 e. The van der Waals surface area contributed by atoms with Crippen LogP contribution in [0.25, 0.3) is 0 Å². The zero-order chi connectivity index (χ0) is 22.5. The molecular formula is C25H27N3O4. The minimum absolute atomic E-state index is 0.0169. The van der Waals surface area contributed by atoms with Gasteiger partial charge in [0.1, 0.15) is 0 Å². The summed E-state index contributed by atoms with van der Waals surface area (Å²) in [6.07, 6.45) is 4.91. The normalized spacial score (nSPS) is 15.9. The topological polar surface area (TPSA) is 73.7 Å². The Bertz CT molecular complexity index is 1090. The highest BCUT2D eigenvalue weighted by Crippen LogP contribution is 2.30. The maximum atomic E-state index is 13.1. The van der Waals surface area contributed by atoms with Crippen LogP contribution >= 0.6 is 0 Å². The van der Waals surface area contributed by atoms with E-state index in [4.69, 9.17) is 9.47 Å². The van der Waals surface area contributed by atoms with E-state index in [1.54, 1.807) is 54.4 Å². The summed E-state index contributed by atoms with van der Waals surface area (Å²) in [5, 5.41) is 4.34. The number of aromatic nitrogens is 2. The lowest BCUT2D eigenvalue weighted by Gasteiger charge is -2.32. The number of carbonyl (C=O) groups is 2. The van der Waals surface area contributed by atoms with E-state index in [1.165, 1.54) is 0 Å². The molecule has 0 aliphatic carbocycles. The van der Waals surface area contributed by atoms with Crippen molar-refractivity contribution in [1.82, 2.24) is 14.7 Å². The van der Waals surface area contributed by atoms with Crippen LogP contribution in [-0.4, -0.2) is 53.7 Å². The van der Waals surface area contributed by atoms with E-state index in [1.807, 2.05) is 30.3 Å². The number of likely N-dealkylation sites (tertiary alicyclic amines) is 1. The molecule has 1 fully saturated rings. The number of Topliss-reactive ketones (excluding diaryl/α,β-unsaturated/α-hetero) is 1. The van der Waals surface area contributed by atoms with Gasteiger partial charge in [0.2, 0.25) is 0 Å². The number of rotatable bonds is 7. The zero-order valence-electron chi connectivity index (χ0n) is 18.4. The summed E-state index contributed by atoms with van der Waals surface area (Å²) in [5.41, 5.74) is 2.23. The predicted molar refractivity (Wildman–Crippen MR) is 120 cm³/mol. The second kappa shape index (κ2) is 9.68. The summed E-state index contributed by atoms with van der Waals surface area (Å²) in [6, 6.07) is 15.2. The van der Waals surface area contributed by atoms with Gasteiger partial charge < -0.3 is 14.4 Å². The molecule has 1 aliphatic rings. The fourth-order valence-corrected chi connectivity index (χ4v) is 4.11. The van der Waals surface area contributed by atoms with Gasteiger partial charge in [-0.1, -0.05) is 30.3 Å². The molecule has 0 unspecified atom stereocenters. The molecule has 7 nitrogen and oxygen atoms in total. The Kier molecular flexibility index (Phi) is 6.54. The Morgan fingerprint density at radius 1 is 1.03 bits per heavy atom. The van der Waals surface area contributed by atoms with Gasteiger partial charge >= 0.3 is 0 Å². The summed E-state index contributed by atoms with van der Waals surface area (Å²) in [7, 11) is 3.11. The third-order valence-corrected chi connectivity index (χ3v) is 5.82. The number of hydrogen-bond donors (Lipinski definition) is 0. The molecule has 4 rings (SSSR count). The van der Waals surface area contributed by atoms with Gasteiger partial charge in [-0.05, 0) is 36.6 Å². The number of methoxy groups -OCH3 is 2. The standard InChI is InChI=1S/C25H27N3O4/c1-31-22-11-10-19(13-23(22)32-2)24(29)20-9-6-12-27(16-20)25(30)21-14-26-28(17-21)15-18-7-4-3-5-8-18/h3-5,7-8,10-11,13-14,17,20H,6,9,12,15-16H2,1-2H3/t20-/m0/s1. The van der Waals surface area contributed by atoms with Crippen LogP contribution in [0.4, 0.5) is 0 Å². The Balaban J connectivity index is 1.43. The zero-order valence-corrected chi connectivity index (χ0v) is 18.4. The van der Waals surface area contributed by atoms with Crippen LogP contribution in [0.3, 0.4) is 0 Å². The van der Waals surface area contributed by atoms with E-state index in [9.17, 15) is 9.59 Å². The number of carbonyl (C=O) groups excluding carboxylic acids is 2. The molecule has 0 bridgehead atoms. The highest BCUT2D eigenvalue weighted by atomic mass is 16.5. The summed E-state index contributed by atoms with van der Waals surface area (Å²) < 4.78 is 12.3. The first kappa shape index (κ1) is 21.6. The van der Waals surface area contributed by atoms with Crippen molar-refractivity contribution >= 4 is 11.7 Å². The van der Waals surface area contributed by atoms with E-state index in [0.29, 0.717) is 42.3 Å². The molecule has 0 N–H and O–H groups in total. The van der Waals surface area contributed by atoms with E-state index in [0.717, 1.165) is 18.4 Å². The van der Waals surface area contributed by atoms with Gasteiger partial charge in [0.05, 0.1) is 32.5 Å². The van der Waals surface area contributed by atoms with Crippen LogP contribution in [0, 0.1) is 5.92 Å². The number of piperidine rings is 1. The van der Waals surface area contributed by atoms with E-state index in [-0.39, 0.29) is 17.6 Å². The second-order valence-corrected chi connectivity index (χ2v) is 7.94. The van der Waals surface area contributed by atoms with Crippen molar-refractivity contribution in [3.63, 3.8) is 0 Å². The third-order valence-electron chi connectivity index (χ3n) is 5.82. The molecule has 1 aliphatic heterocycles. The Hall–Kier alpha value is -3.61. The van der Waals surface area contributed by atoms with Gasteiger partial charge in [-0.25, -0.2) is 0 Å². The van der Waals surface area contributed by atoms with Gasteiger partial charge in [-0.15, -0.1) is 0 Å². The summed E-state index contributed by atoms with van der Waals surface area (Å²) in [4.78, 5) is 28.0. The molecule has 3 aromatic rings. The molecule has 2 aromatic carbocycles. The summed E-state index contributed by atoms with van der Waals surface area (Å²) in [5.74, 6) is 0.785. The van der Waals surface area contributed by atoms with Gasteiger partial charge in [-0.2, -0.15) is 5.10 Å². The Labute approximate surface area is 187 Å². The van der Waals surface area contributed by atoms with Crippen LogP contribution in [0.2, 0.25) is 0 Å². The quantitative estimate of drug-likeness (QED) is 0.532. The largest absolute Gasteiger partial charge is 0.493 e. The van der Waals surface area contributed by atoms with E-state index in [2.05, 4.69) is 5.10 Å². The van der Waals surface area contributed by atoms with Gasteiger partial charge in [0, 0.05) is 30.8 Å². The number of amides is 1. The van der Waals surface area contributed by atoms with Gasteiger partial charge in [0.15, 0.2) is 17.3 Å². The van der Waals surface area contributed by atoms with Gasteiger partial charge in [-0.3, -0.25) is 14.3 Å². The van der Waals surface area contributed by atoms with Crippen molar-refractivity contribution in [3.8, 4) is 11.5 Å². The predicted octanol–water partition coefficient (Wildman–Crippen LogP) is 3.68. The molecule has 1 saturated heterocycles. The lowest BCUT2D eigenvalue weighted by atomic mass is 9.89. The van der Waals surface area contributed by atoms with Crippen molar-refractivity contribution in [2.24, 2.45) is 5.92 Å². The smallest absolute Gasteiger partial charge is 0.257 e. The molecule has 0 spiro atoms. The van der Waals surface area contributed by atoms with Crippen molar-refractivity contribution in [3.05, 3.63) is 77.6 Å². The fraction of sp³-hybridized carbons (Fsp3) is 0.320. The van der Waals surface area contributed by atoms with Crippen molar-refractivity contribution in [2.45, 2.75) is 19.4 Å². The van der Waals surface area contributed by atoms with Crippen LogP contribution in [0.5, 0.6) is 11.5 Å². The lowest BCUT2D eigenvalue weighted by Crippen LogP contribution is -2.42. The van der Waals surface area contributed by atoms with Crippen molar-refractivity contribution in [1.29, 1.82) is 0 Å². The maximum Gasteiger partial charge on any atom is 0.257 e. The molecule has 166 valence electrons. The molecule has 0 radical (unpaired) electrons. The minimum atomic E-state index is -0.245. The average Bonchev–Trinajstić information content (AvgIpc) is 3.31. The first-order valence-electron chi connectivity index (χ1n) is 10.7. The second-order valence-electron chi connectivity index (χ2n) is 7.94. The van der Waals surface area contributed by atoms with Crippen LogP contribution in [0.15, 0.2) is 60.9 Å². The van der Waals surface area contributed by atoms with Crippen LogP contribution < -0.4 is 9.47 Å². The monoisotopic (exact) mass is 433 g/mol. The molecule has 0 saturated carbocycles. The fourth-order valence-electron chi connectivity index (χ4n) is 4.11. The first-order chi connectivity index (χ1) is 15.6. The van der Waals surface area contributed by atoms with Crippen LogP contribution in [0.1, 0.15) is 39.1 Å². The number of nitrogens with zero attached hydrogens (tertiary/aromatic N) is 3. The highest BCUT2D eigenvalue weighted by molar-refractivity contribution is 5.99. The maximum absolute atomic E-state index is 13.1. The average molecular weight is 434 g/mol. The Morgan fingerprint density at radius 3 is 2.56 bits per heavy atom. The first-order valence-corrected chi connectivity index (χ1v) is 10.7. The molecular weight excluding hydrogens is 406 g/mol. The molecule has 7 heteroatoms.